The first-order valence-electron chi connectivity index (χ1n) is 10.5. The van der Waals surface area contributed by atoms with Crippen LogP contribution in [0.2, 0.25) is 0 Å². The maximum atomic E-state index is 13.1. The first kappa shape index (κ1) is 22.3. The second-order valence-electron chi connectivity index (χ2n) is 8.58. The molecule has 0 saturated carbocycles. The number of sulfonamides is 1. The summed E-state index contributed by atoms with van der Waals surface area (Å²) < 4.78 is 32.6. The zero-order valence-corrected chi connectivity index (χ0v) is 19.2. The molecule has 0 bridgehead atoms. The number of nitrogens with one attached hydrogen (secondary N) is 1. The third-order valence-corrected chi connectivity index (χ3v) is 7.98. The van der Waals surface area contributed by atoms with Gasteiger partial charge in [-0.25, -0.2) is 8.42 Å². The van der Waals surface area contributed by atoms with Gasteiger partial charge in [-0.15, -0.1) is 0 Å². The number of nitrogens with zero attached hydrogens (tertiary/aromatic N) is 2. The van der Waals surface area contributed by atoms with Crippen molar-refractivity contribution in [2.45, 2.75) is 37.0 Å². The summed E-state index contributed by atoms with van der Waals surface area (Å²) in [4.78, 5) is 27.4. The standard InChI is InChI=1S/C23H27N3O5S/c1-23(2)19-14-18(32(29,30)25-12-4-5-13-25)10-11-20(19)26(22(23)28)15-21(27)24-16-6-8-17(31-3)9-7-16/h6-11,14H,4-5,12-13,15H2,1-3H3,(H,24,27). The van der Waals surface area contributed by atoms with Crippen molar-refractivity contribution in [3.63, 3.8) is 0 Å². The van der Waals surface area contributed by atoms with E-state index in [1.807, 2.05) is 0 Å². The van der Waals surface area contributed by atoms with E-state index in [1.54, 1.807) is 57.4 Å². The Balaban J connectivity index is 1.58. The molecule has 2 aromatic rings. The summed E-state index contributed by atoms with van der Waals surface area (Å²) in [6.45, 7) is 4.36. The maximum Gasteiger partial charge on any atom is 0.244 e. The molecule has 1 saturated heterocycles. The fourth-order valence-electron chi connectivity index (χ4n) is 4.23. The molecule has 0 atom stereocenters. The Hall–Kier alpha value is -2.91. The van der Waals surface area contributed by atoms with E-state index in [9.17, 15) is 18.0 Å². The Bertz CT molecular complexity index is 1150. The topological polar surface area (TPSA) is 96.0 Å². The van der Waals surface area contributed by atoms with Gasteiger partial charge in [0, 0.05) is 24.5 Å². The van der Waals surface area contributed by atoms with E-state index < -0.39 is 15.4 Å². The van der Waals surface area contributed by atoms with Gasteiger partial charge in [0.15, 0.2) is 0 Å². The van der Waals surface area contributed by atoms with Crippen LogP contribution in [0, 0.1) is 0 Å². The average molecular weight is 458 g/mol. The highest BCUT2D eigenvalue weighted by Gasteiger charge is 2.45. The van der Waals surface area contributed by atoms with Crippen LogP contribution < -0.4 is 15.0 Å². The predicted octanol–water partition coefficient (Wildman–Crippen LogP) is 2.74. The van der Waals surface area contributed by atoms with Gasteiger partial charge >= 0.3 is 0 Å². The van der Waals surface area contributed by atoms with Crippen LogP contribution in [0.1, 0.15) is 32.3 Å². The zero-order valence-electron chi connectivity index (χ0n) is 18.4. The van der Waals surface area contributed by atoms with Crippen LogP contribution in [-0.2, 0) is 25.0 Å². The van der Waals surface area contributed by atoms with Gasteiger partial charge in [0.05, 0.1) is 17.4 Å². The lowest BCUT2D eigenvalue weighted by Crippen LogP contribution is -2.40. The molecule has 4 rings (SSSR count). The Morgan fingerprint density at radius 2 is 1.75 bits per heavy atom. The van der Waals surface area contributed by atoms with Crippen LogP contribution in [0.5, 0.6) is 5.75 Å². The van der Waals surface area contributed by atoms with E-state index in [2.05, 4.69) is 5.32 Å². The Morgan fingerprint density at radius 1 is 1.09 bits per heavy atom. The molecule has 1 N–H and O–H groups in total. The van der Waals surface area contributed by atoms with Crippen LogP contribution in [0.25, 0.3) is 0 Å². The van der Waals surface area contributed by atoms with Crippen molar-refractivity contribution in [3.05, 3.63) is 48.0 Å². The average Bonchev–Trinajstić information content (AvgIpc) is 3.38. The fourth-order valence-corrected chi connectivity index (χ4v) is 5.77. The van der Waals surface area contributed by atoms with Crippen molar-refractivity contribution >= 4 is 33.2 Å². The van der Waals surface area contributed by atoms with E-state index >= 15 is 0 Å². The lowest BCUT2D eigenvalue weighted by Gasteiger charge is -2.20. The lowest BCUT2D eigenvalue weighted by atomic mass is 9.86. The smallest absolute Gasteiger partial charge is 0.244 e. The number of hydrogen-bond acceptors (Lipinski definition) is 5. The molecule has 9 heteroatoms. The summed E-state index contributed by atoms with van der Waals surface area (Å²) in [7, 11) is -2.04. The molecule has 0 aliphatic carbocycles. The second-order valence-corrected chi connectivity index (χ2v) is 10.5. The number of anilines is 2. The summed E-state index contributed by atoms with van der Waals surface area (Å²) in [5.74, 6) is 0.0853. The minimum absolute atomic E-state index is 0.167. The number of amides is 2. The first-order valence-corrected chi connectivity index (χ1v) is 12.0. The molecule has 2 heterocycles. The number of carbonyl (C=O) groups excluding carboxylic acids is 2. The summed E-state index contributed by atoms with van der Waals surface area (Å²) in [5.41, 5.74) is 0.825. The van der Waals surface area contributed by atoms with Gasteiger partial charge in [-0.2, -0.15) is 4.31 Å². The fraction of sp³-hybridized carbons (Fsp3) is 0.391. The molecule has 2 aromatic carbocycles. The molecule has 8 nitrogen and oxygen atoms in total. The minimum Gasteiger partial charge on any atom is -0.497 e. The van der Waals surface area contributed by atoms with Crippen LogP contribution in [0.4, 0.5) is 11.4 Å². The molecule has 2 aliphatic rings. The highest BCUT2D eigenvalue weighted by Crippen LogP contribution is 2.43. The summed E-state index contributed by atoms with van der Waals surface area (Å²) in [6, 6.07) is 11.6. The number of fused-ring (bicyclic) bond motifs is 1. The van der Waals surface area contributed by atoms with Crippen LogP contribution in [0.3, 0.4) is 0 Å². The second kappa shape index (κ2) is 8.22. The van der Waals surface area contributed by atoms with Gasteiger partial charge in [0.25, 0.3) is 0 Å². The Morgan fingerprint density at radius 3 is 2.38 bits per heavy atom. The molecular weight excluding hydrogens is 430 g/mol. The summed E-state index contributed by atoms with van der Waals surface area (Å²) >= 11 is 0. The van der Waals surface area contributed by atoms with Gasteiger partial charge in [-0.3, -0.25) is 9.59 Å². The number of methoxy groups -OCH3 is 1. The number of rotatable bonds is 6. The number of hydrogen-bond donors (Lipinski definition) is 1. The van der Waals surface area contributed by atoms with E-state index in [-0.39, 0.29) is 23.3 Å². The monoisotopic (exact) mass is 457 g/mol. The van der Waals surface area contributed by atoms with Crippen molar-refractivity contribution < 1.29 is 22.7 Å². The number of carbonyl (C=O) groups is 2. The zero-order chi connectivity index (χ0) is 23.1. The Kier molecular flexibility index (Phi) is 5.72. The lowest BCUT2D eigenvalue weighted by molar-refractivity contribution is -0.124. The van der Waals surface area contributed by atoms with Crippen LogP contribution in [-0.4, -0.2) is 51.3 Å². The maximum absolute atomic E-state index is 13.1. The highest BCUT2D eigenvalue weighted by atomic mass is 32.2. The number of ether oxygens (including phenoxy) is 1. The van der Waals surface area contributed by atoms with Crippen molar-refractivity contribution in [1.29, 1.82) is 0 Å². The summed E-state index contributed by atoms with van der Waals surface area (Å²) in [5, 5.41) is 2.78. The van der Waals surface area contributed by atoms with Gasteiger partial charge in [0.2, 0.25) is 21.8 Å². The molecule has 2 amide bonds. The predicted molar refractivity (Wildman–Crippen MR) is 121 cm³/mol. The molecule has 2 aliphatic heterocycles. The van der Waals surface area contributed by atoms with Gasteiger partial charge < -0.3 is 15.0 Å². The highest BCUT2D eigenvalue weighted by molar-refractivity contribution is 7.89. The van der Waals surface area contributed by atoms with Gasteiger partial charge in [-0.05, 0) is 74.7 Å². The van der Waals surface area contributed by atoms with Crippen molar-refractivity contribution in [3.8, 4) is 5.75 Å². The van der Waals surface area contributed by atoms with Crippen LogP contribution in [0.15, 0.2) is 47.4 Å². The van der Waals surface area contributed by atoms with E-state index in [1.165, 1.54) is 15.3 Å². The molecule has 32 heavy (non-hydrogen) atoms. The molecule has 0 radical (unpaired) electrons. The van der Waals surface area contributed by atoms with Crippen molar-refractivity contribution in [2.24, 2.45) is 0 Å². The normalized spacial score (nSPS) is 18.0. The largest absolute Gasteiger partial charge is 0.497 e. The van der Waals surface area contributed by atoms with E-state index in [0.29, 0.717) is 35.8 Å². The number of benzene rings is 2. The third-order valence-electron chi connectivity index (χ3n) is 6.09. The van der Waals surface area contributed by atoms with Crippen molar-refractivity contribution in [1.82, 2.24) is 4.31 Å². The van der Waals surface area contributed by atoms with Gasteiger partial charge in [-0.1, -0.05) is 0 Å². The van der Waals surface area contributed by atoms with Crippen molar-refractivity contribution in [2.75, 3.05) is 37.0 Å². The third kappa shape index (κ3) is 3.86. The molecule has 0 unspecified atom stereocenters. The first-order chi connectivity index (χ1) is 15.1. The molecule has 170 valence electrons. The summed E-state index contributed by atoms with van der Waals surface area (Å²) in [6.07, 6.45) is 1.70. The molecular formula is C23H27N3O5S. The van der Waals surface area contributed by atoms with E-state index in [4.69, 9.17) is 4.74 Å². The van der Waals surface area contributed by atoms with Gasteiger partial charge in [0.1, 0.15) is 12.3 Å². The SMILES string of the molecule is COc1ccc(NC(=O)CN2C(=O)C(C)(C)c3cc(S(=O)(=O)N4CCCC4)ccc32)cc1. The van der Waals surface area contributed by atoms with Crippen LogP contribution >= 0.6 is 0 Å². The van der Waals surface area contributed by atoms with E-state index in [0.717, 1.165) is 12.8 Å². The quantitative estimate of drug-likeness (QED) is 0.720. The molecule has 1 fully saturated rings. The molecule has 0 spiro atoms. The minimum atomic E-state index is -3.60. The molecule has 0 aromatic heterocycles. The Labute approximate surface area is 188 Å².